The van der Waals surface area contributed by atoms with Gasteiger partial charge < -0.3 is 14.5 Å². The third-order valence-corrected chi connectivity index (χ3v) is 3.93. The van der Waals surface area contributed by atoms with Crippen molar-refractivity contribution in [3.05, 3.63) is 36.0 Å². The lowest BCUT2D eigenvalue weighted by atomic mass is 10.3. The zero-order valence-electron chi connectivity index (χ0n) is 13.9. The quantitative estimate of drug-likeness (QED) is 0.681. The first-order chi connectivity index (χ1) is 12.0. The minimum atomic E-state index is -1.37. The van der Waals surface area contributed by atoms with E-state index in [2.05, 4.69) is 25.3 Å². The molecule has 0 saturated carbocycles. The lowest BCUT2D eigenvalue weighted by Gasteiger charge is -2.10. The smallest absolute Gasteiger partial charge is 0.263 e. The highest BCUT2D eigenvalue weighted by Crippen LogP contribution is 2.18. The molecule has 1 N–H and O–H groups in total. The molecule has 3 heterocycles. The van der Waals surface area contributed by atoms with Crippen molar-refractivity contribution < 1.29 is 13.7 Å². The highest BCUT2D eigenvalue weighted by Gasteiger charge is 2.18. The Labute approximate surface area is 146 Å². The summed E-state index contributed by atoms with van der Waals surface area (Å²) in [5, 5.41) is 2.78. The van der Waals surface area contributed by atoms with Gasteiger partial charge in [0.1, 0.15) is 11.4 Å². The van der Waals surface area contributed by atoms with Crippen molar-refractivity contribution in [2.45, 2.75) is 19.0 Å². The van der Waals surface area contributed by atoms with Crippen molar-refractivity contribution >= 4 is 28.2 Å². The van der Waals surface area contributed by atoms with Crippen LogP contribution in [0, 0.1) is 6.92 Å². The third kappa shape index (κ3) is 3.63. The van der Waals surface area contributed by atoms with Crippen LogP contribution in [0.4, 0.5) is 5.82 Å². The molecule has 3 aromatic heterocycles. The predicted molar refractivity (Wildman–Crippen MR) is 91.2 cm³/mol. The number of anilines is 1. The fraction of sp³-hybridized carbons (Fsp3) is 0.267. The van der Waals surface area contributed by atoms with Gasteiger partial charge in [-0.25, -0.2) is 15.0 Å². The van der Waals surface area contributed by atoms with Crippen LogP contribution in [0.2, 0.25) is 0 Å². The second kappa shape index (κ2) is 6.93. The number of carbonyl (C=O) groups excluding carboxylic acids is 1. The molecule has 0 spiro atoms. The average Bonchev–Trinajstić information content (AvgIpc) is 2.94. The molecule has 0 fully saturated rings. The minimum absolute atomic E-state index is 0.0831. The van der Waals surface area contributed by atoms with Gasteiger partial charge in [-0.1, -0.05) is 0 Å². The van der Waals surface area contributed by atoms with E-state index in [9.17, 15) is 9.00 Å². The Morgan fingerprint density at radius 1 is 1.28 bits per heavy atom. The predicted octanol–water partition coefficient (Wildman–Crippen LogP) is 1.22. The average molecular weight is 360 g/mol. The van der Waals surface area contributed by atoms with Gasteiger partial charge in [0.05, 0.1) is 35.5 Å². The topological polar surface area (TPSA) is 111 Å². The van der Waals surface area contributed by atoms with Crippen LogP contribution < -0.4 is 10.1 Å². The van der Waals surface area contributed by atoms with Crippen molar-refractivity contribution in [2.75, 3.05) is 18.2 Å². The SMILES string of the molecule is CCOc1nc(S(C)=O)ncc1C(=O)Nc1cn2cc(C)nc2cn1. The summed E-state index contributed by atoms with van der Waals surface area (Å²) >= 11 is 0. The van der Waals surface area contributed by atoms with E-state index in [1.165, 1.54) is 12.5 Å². The van der Waals surface area contributed by atoms with Crippen LogP contribution in [-0.4, -0.2) is 47.3 Å². The fourth-order valence-corrected chi connectivity index (χ4v) is 2.58. The number of hydrogen-bond acceptors (Lipinski definition) is 7. The summed E-state index contributed by atoms with van der Waals surface area (Å²) < 4.78 is 18.7. The van der Waals surface area contributed by atoms with E-state index >= 15 is 0 Å². The molecule has 0 aliphatic carbocycles. The molecule has 130 valence electrons. The maximum Gasteiger partial charge on any atom is 0.263 e. The third-order valence-electron chi connectivity index (χ3n) is 3.22. The highest BCUT2D eigenvalue weighted by molar-refractivity contribution is 7.84. The first-order valence-electron chi connectivity index (χ1n) is 7.44. The first-order valence-corrected chi connectivity index (χ1v) is 8.99. The maximum atomic E-state index is 12.5. The maximum absolute atomic E-state index is 12.5. The number of ether oxygens (including phenoxy) is 1. The molecular formula is C15H16N6O3S. The summed E-state index contributed by atoms with van der Waals surface area (Å²) in [4.78, 5) is 29.0. The van der Waals surface area contributed by atoms with E-state index in [1.807, 2.05) is 13.1 Å². The van der Waals surface area contributed by atoms with Gasteiger partial charge in [-0.2, -0.15) is 4.98 Å². The number of imidazole rings is 1. The first kappa shape index (κ1) is 17.0. The summed E-state index contributed by atoms with van der Waals surface area (Å²) in [7, 11) is -1.37. The lowest BCUT2D eigenvalue weighted by Crippen LogP contribution is -2.17. The highest BCUT2D eigenvalue weighted by atomic mass is 32.2. The van der Waals surface area contributed by atoms with Gasteiger partial charge >= 0.3 is 0 Å². The van der Waals surface area contributed by atoms with E-state index in [-0.39, 0.29) is 16.6 Å². The molecule has 1 atom stereocenters. The van der Waals surface area contributed by atoms with Crippen LogP contribution in [0.5, 0.6) is 5.88 Å². The Morgan fingerprint density at radius 2 is 2.08 bits per heavy atom. The molecule has 0 aliphatic heterocycles. The number of hydrogen-bond donors (Lipinski definition) is 1. The number of amides is 1. The summed E-state index contributed by atoms with van der Waals surface area (Å²) in [6.45, 7) is 3.95. The van der Waals surface area contributed by atoms with Gasteiger partial charge in [0.15, 0.2) is 5.65 Å². The van der Waals surface area contributed by atoms with E-state index < -0.39 is 16.7 Å². The van der Waals surface area contributed by atoms with E-state index in [0.29, 0.717) is 18.1 Å². The van der Waals surface area contributed by atoms with Crippen LogP contribution in [0.1, 0.15) is 23.0 Å². The fourth-order valence-electron chi connectivity index (χ4n) is 2.17. The minimum Gasteiger partial charge on any atom is -0.477 e. The van der Waals surface area contributed by atoms with E-state index in [0.717, 1.165) is 5.69 Å². The van der Waals surface area contributed by atoms with Crippen molar-refractivity contribution in [3.8, 4) is 5.88 Å². The second-order valence-corrected chi connectivity index (χ2v) is 6.41. The number of nitrogens with zero attached hydrogens (tertiary/aromatic N) is 5. The van der Waals surface area contributed by atoms with Gasteiger partial charge in [-0.05, 0) is 13.8 Å². The van der Waals surface area contributed by atoms with Crippen molar-refractivity contribution in [1.82, 2.24) is 24.3 Å². The number of carbonyl (C=O) groups is 1. The monoisotopic (exact) mass is 360 g/mol. The summed E-state index contributed by atoms with van der Waals surface area (Å²) in [5.41, 5.74) is 1.67. The largest absolute Gasteiger partial charge is 0.477 e. The standard InChI is InChI=1S/C15H16N6O3S/c1-4-24-14-10(5-17-15(20-14)25(3)23)13(22)19-11-8-21-7-9(2)18-12(21)6-16-11/h5-8H,4H2,1-3H3,(H,19,22). The Hall–Kier alpha value is -2.88. The van der Waals surface area contributed by atoms with Crippen LogP contribution in [0.25, 0.3) is 5.65 Å². The molecule has 0 aromatic carbocycles. The van der Waals surface area contributed by atoms with Crippen LogP contribution in [0.3, 0.4) is 0 Å². The molecule has 3 rings (SSSR count). The molecular weight excluding hydrogens is 344 g/mol. The molecule has 0 bridgehead atoms. The Balaban J connectivity index is 1.89. The number of nitrogens with one attached hydrogen (secondary N) is 1. The van der Waals surface area contributed by atoms with Gasteiger partial charge in [0.2, 0.25) is 11.0 Å². The van der Waals surface area contributed by atoms with Gasteiger partial charge in [0, 0.05) is 18.6 Å². The Bertz CT molecular complexity index is 971. The Kier molecular flexibility index (Phi) is 4.70. The normalized spacial score (nSPS) is 12.1. The van der Waals surface area contributed by atoms with E-state index in [1.54, 1.807) is 23.7 Å². The molecule has 10 heteroatoms. The molecule has 1 amide bonds. The summed E-state index contributed by atoms with van der Waals surface area (Å²) in [5.74, 6) is -0.0409. The van der Waals surface area contributed by atoms with Crippen molar-refractivity contribution in [1.29, 1.82) is 0 Å². The van der Waals surface area contributed by atoms with Gasteiger partial charge in [0.25, 0.3) is 5.91 Å². The number of fused-ring (bicyclic) bond motifs is 1. The molecule has 0 saturated heterocycles. The zero-order chi connectivity index (χ0) is 18.0. The van der Waals surface area contributed by atoms with Crippen molar-refractivity contribution in [2.24, 2.45) is 0 Å². The van der Waals surface area contributed by atoms with Crippen LogP contribution >= 0.6 is 0 Å². The molecule has 25 heavy (non-hydrogen) atoms. The second-order valence-electron chi connectivity index (χ2n) is 5.13. The van der Waals surface area contributed by atoms with Crippen LogP contribution in [-0.2, 0) is 10.8 Å². The number of aryl methyl sites for hydroxylation is 1. The molecule has 0 radical (unpaired) electrons. The Morgan fingerprint density at radius 3 is 2.80 bits per heavy atom. The molecule has 9 nitrogen and oxygen atoms in total. The zero-order valence-corrected chi connectivity index (χ0v) is 14.7. The molecule has 1 unspecified atom stereocenters. The summed E-state index contributed by atoms with van der Waals surface area (Å²) in [6.07, 6.45) is 7.80. The van der Waals surface area contributed by atoms with Crippen molar-refractivity contribution in [3.63, 3.8) is 0 Å². The molecule has 3 aromatic rings. The van der Waals surface area contributed by atoms with Gasteiger partial charge in [-0.15, -0.1) is 0 Å². The number of aromatic nitrogens is 5. The lowest BCUT2D eigenvalue weighted by molar-refractivity contribution is 0.102. The van der Waals surface area contributed by atoms with Crippen LogP contribution in [0.15, 0.2) is 29.9 Å². The summed E-state index contributed by atoms with van der Waals surface area (Å²) in [6, 6.07) is 0. The van der Waals surface area contributed by atoms with Gasteiger partial charge in [-0.3, -0.25) is 9.00 Å². The van der Waals surface area contributed by atoms with E-state index in [4.69, 9.17) is 4.74 Å². The number of rotatable bonds is 5. The molecule has 0 aliphatic rings.